The van der Waals surface area contributed by atoms with E-state index in [0.717, 1.165) is 24.8 Å². The molecule has 0 spiro atoms. The third-order valence-corrected chi connectivity index (χ3v) is 6.51. The Bertz CT molecular complexity index is 915. The van der Waals surface area contributed by atoms with Crippen LogP contribution in [-0.2, 0) is 16.5 Å². The molecule has 2 aromatic carbocycles. The third-order valence-electron chi connectivity index (χ3n) is 5.61. The summed E-state index contributed by atoms with van der Waals surface area (Å²) in [6.45, 7) is 2.25. The summed E-state index contributed by atoms with van der Waals surface area (Å²) in [5.74, 6) is 0.0974. The zero-order valence-electron chi connectivity index (χ0n) is 20.2. The molecule has 33 heavy (non-hydrogen) atoms. The number of para-hydroxylation sites is 1. The minimum atomic E-state index is -4.41. The first-order valence-electron chi connectivity index (χ1n) is 12.0. The van der Waals surface area contributed by atoms with E-state index >= 15 is 0 Å². The quantitative estimate of drug-likeness (QED) is 0.213. The maximum absolute atomic E-state index is 12.1. The molecular weight excluding hydrogens is 463 g/mol. The van der Waals surface area contributed by atoms with Crippen molar-refractivity contribution in [2.24, 2.45) is 0 Å². The Morgan fingerprint density at radius 1 is 0.818 bits per heavy atom. The fraction of sp³-hybridized carbons (Fsp3) is 0.538. The summed E-state index contributed by atoms with van der Waals surface area (Å²) < 4.78 is 38.1. The van der Waals surface area contributed by atoms with Crippen LogP contribution in [0.3, 0.4) is 0 Å². The molecule has 0 amide bonds. The molecule has 5 nitrogen and oxygen atoms in total. The molecule has 0 aliphatic heterocycles. The van der Waals surface area contributed by atoms with E-state index in [9.17, 15) is 18.1 Å². The van der Waals surface area contributed by atoms with Crippen molar-refractivity contribution < 1.29 is 74.2 Å². The largest absolute Gasteiger partial charge is 1.00 e. The monoisotopic (exact) mass is 500 g/mol. The molecule has 1 N–H and O–H groups in total. The Morgan fingerprint density at radius 3 is 1.94 bits per heavy atom. The van der Waals surface area contributed by atoms with Gasteiger partial charge in [-0.05, 0) is 42.7 Å². The number of ether oxygens (including phenoxy) is 1. The van der Waals surface area contributed by atoms with E-state index in [1.807, 2.05) is 0 Å². The first-order valence-corrected chi connectivity index (χ1v) is 13.4. The zero-order chi connectivity index (χ0) is 23.2. The summed E-state index contributed by atoms with van der Waals surface area (Å²) in [5, 5.41) is 12.1. The number of aryl methyl sites for hydroxylation is 1. The molecule has 0 bridgehead atoms. The minimum absolute atomic E-state index is 0. The van der Waals surface area contributed by atoms with Gasteiger partial charge in [0.05, 0.1) is 0 Å². The average Bonchev–Trinajstić information content (AvgIpc) is 2.74. The van der Waals surface area contributed by atoms with E-state index in [1.165, 1.54) is 88.5 Å². The van der Waals surface area contributed by atoms with Gasteiger partial charge in [-0.3, -0.25) is 4.55 Å². The second-order valence-corrected chi connectivity index (χ2v) is 9.87. The first kappa shape index (κ1) is 30.6. The van der Waals surface area contributed by atoms with Crippen molar-refractivity contribution in [2.45, 2.75) is 95.3 Å². The van der Waals surface area contributed by atoms with Gasteiger partial charge in [0, 0.05) is 0 Å². The van der Waals surface area contributed by atoms with E-state index in [-0.39, 0.29) is 73.5 Å². The third kappa shape index (κ3) is 12.7. The predicted molar refractivity (Wildman–Crippen MR) is 127 cm³/mol. The van der Waals surface area contributed by atoms with Gasteiger partial charge in [0.15, 0.2) is 0 Å². The van der Waals surface area contributed by atoms with Crippen LogP contribution in [0.15, 0.2) is 47.4 Å². The summed E-state index contributed by atoms with van der Waals surface area (Å²) >= 11 is 0. The summed E-state index contributed by atoms with van der Waals surface area (Å²) in [5.41, 5.74) is 0.879. The number of rotatable bonds is 16. The van der Waals surface area contributed by atoms with E-state index in [4.69, 9.17) is 4.74 Å². The molecule has 0 fully saturated rings. The molecule has 0 saturated heterocycles. The van der Waals surface area contributed by atoms with Gasteiger partial charge < -0.3 is 9.84 Å². The summed E-state index contributed by atoms with van der Waals surface area (Å²) in [6, 6.07) is 10.5. The van der Waals surface area contributed by atoms with Gasteiger partial charge in [0.25, 0.3) is 10.1 Å². The van der Waals surface area contributed by atoms with E-state index in [1.54, 1.807) is 18.2 Å². The molecule has 2 aromatic rings. The second-order valence-electron chi connectivity index (χ2n) is 8.48. The Balaban J connectivity index is 0.00000544. The van der Waals surface area contributed by atoms with Crippen molar-refractivity contribution in [3.05, 3.63) is 48.0 Å². The molecule has 0 aliphatic rings. The van der Waals surface area contributed by atoms with Crippen molar-refractivity contribution in [3.63, 3.8) is 0 Å². The molecule has 7 heteroatoms. The molecular formula is C26H37KO5S. The van der Waals surface area contributed by atoms with E-state index in [2.05, 4.69) is 6.92 Å². The minimum Gasteiger partial charge on any atom is -0.872 e. The van der Waals surface area contributed by atoms with Crippen LogP contribution in [0.25, 0.3) is 0 Å². The fourth-order valence-corrected chi connectivity index (χ4v) is 4.49. The molecule has 0 aromatic heterocycles. The van der Waals surface area contributed by atoms with Gasteiger partial charge in [-0.15, -0.1) is 5.75 Å². The van der Waals surface area contributed by atoms with Crippen LogP contribution < -0.4 is 61.2 Å². The summed E-state index contributed by atoms with van der Waals surface area (Å²) in [6.07, 6.45) is 16.1. The SMILES string of the molecule is CCCCCCCCCCCCCCc1cc([O-])cc(Oc2ccccc2S(=O)(=O)O)c1.[K+]. The van der Waals surface area contributed by atoms with Crippen molar-refractivity contribution in [1.82, 2.24) is 0 Å². The van der Waals surface area contributed by atoms with Crippen LogP contribution in [0.5, 0.6) is 17.2 Å². The maximum Gasteiger partial charge on any atom is 1.00 e. The van der Waals surface area contributed by atoms with Crippen LogP contribution in [0, 0.1) is 0 Å². The van der Waals surface area contributed by atoms with Crippen LogP contribution in [0.1, 0.15) is 89.5 Å². The van der Waals surface area contributed by atoms with Gasteiger partial charge >= 0.3 is 51.4 Å². The maximum atomic E-state index is 12.1. The molecule has 0 radical (unpaired) electrons. The van der Waals surface area contributed by atoms with Crippen LogP contribution in [-0.4, -0.2) is 13.0 Å². The molecule has 0 atom stereocenters. The summed E-state index contributed by atoms with van der Waals surface area (Å²) in [4.78, 5) is -0.321. The number of hydrogen-bond acceptors (Lipinski definition) is 4. The van der Waals surface area contributed by atoms with Crippen molar-refractivity contribution in [3.8, 4) is 17.2 Å². The van der Waals surface area contributed by atoms with Gasteiger partial charge in [0.1, 0.15) is 16.4 Å². The molecule has 0 aliphatic carbocycles. The first-order chi connectivity index (χ1) is 15.4. The predicted octanol–water partition coefficient (Wildman–Crippen LogP) is 4.05. The zero-order valence-corrected chi connectivity index (χ0v) is 24.2. The Labute approximate surface area is 242 Å². The normalized spacial score (nSPS) is 11.2. The van der Waals surface area contributed by atoms with E-state index in [0.29, 0.717) is 0 Å². The Hall–Kier alpha value is -0.414. The Morgan fingerprint density at radius 2 is 1.36 bits per heavy atom. The number of hydrogen-bond donors (Lipinski definition) is 1. The fourth-order valence-electron chi connectivity index (χ4n) is 3.88. The number of unbranched alkanes of at least 4 members (excludes halogenated alkanes) is 11. The molecule has 0 unspecified atom stereocenters. The second kappa shape index (κ2) is 17.1. The van der Waals surface area contributed by atoms with Crippen molar-refractivity contribution >= 4 is 10.1 Å². The standard InChI is InChI=1S/C26H38O5S.K/c1-2-3-4-5-6-7-8-9-10-11-12-13-16-22-19-23(27)21-24(20-22)31-25-17-14-15-18-26(25)32(28,29)30;/h14-15,17-21,27H,2-13,16H2,1H3,(H,28,29,30);/q;+1/p-1. The molecule has 178 valence electrons. The van der Waals surface area contributed by atoms with Crippen molar-refractivity contribution in [1.29, 1.82) is 0 Å². The van der Waals surface area contributed by atoms with Crippen molar-refractivity contribution in [2.75, 3.05) is 0 Å². The average molecular weight is 501 g/mol. The molecule has 2 rings (SSSR count). The smallest absolute Gasteiger partial charge is 0.872 e. The van der Waals surface area contributed by atoms with Gasteiger partial charge in [-0.2, -0.15) is 8.42 Å². The summed E-state index contributed by atoms with van der Waals surface area (Å²) in [7, 11) is -4.41. The van der Waals surface area contributed by atoms with Gasteiger partial charge in [-0.25, -0.2) is 0 Å². The number of benzene rings is 2. The van der Waals surface area contributed by atoms with Gasteiger partial charge in [0.2, 0.25) is 0 Å². The van der Waals surface area contributed by atoms with Crippen LogP contribution in [0.4, 0.5) is 0 Å². The van der Waals surface area contributed by atoms with Crippen LogP contribution >= 0.6 is 0 Å². The topological polar surface area (TPSA) is 86.7 Å². The molecule has 0 saturated carbocycles. The molecule has 0 heterocycles. The Kier molecular flexibility index (Phi) is 15.9. The van der Waals surface area contributed by atoms with Crippen LogP contribution in [0.2, 0.25) is 0 Å². The van der Waals surface area contributed by atoms with Gasteiger partial charge in [-0.1, -0.05) is 95.8 Å². The van der Waals surface area contributed by atoms with E-state index < -0.39 is 10.1 Å².